The van der Waals surface area contributed by atoms with E-state index in [0.717, 1.165) is 30.9 Å². The third kappa shape index (κ3) is 3.33. The van der Waals surface area contributed by atoms with Gasteiger partial charge in [-0.05, 0) is 45.0 Å². The molecular formula is C17H27NO3. The van der Waals surface area contributed by atoms with Crippen molar-refractivity contribution in [2.75, 3.05) is 20.8 Å². The van der Waals surface area contributed by atoms with Gasteiger partial charge in [-0.25, -0.2) is 0 Å². The fourth-order valence-electron chi connectivity index (χ4n) is 2.83. The molecule has 4 nitrogen and oxygen atoms in total. The molecule has 0 spiro atoms. The molecule has 1 N–H and O–H groups in total. The number of hydrogen-bond acceptors (Lipinski definition) is 4. The highest BCUT2D eigenvalue weighted by atomic mass is 16.5. The van der Waals surface area contributed by atoms with Gasteiger partial charge in [-0.1, -0.05) is 6.92 Å². The first kappa shape index (κ1) is 16.1. The Kier molecular flexibility index (Phi) is 5.12. The second-order valence-electron chi connectivity index (χ2n) is 5.91. The topological polar surface area (TPSA) is 39.7 Å². The second-order valence-corrected chi connectivity index (χ2v) is 5.91. The Morgan fingerprint density at radius 3 is 2.81 bits per heavy atom. The Bertz CT molecular complexity index is 477. The van der Waals surface area contributed by atoms with E-state index in [2.05, 4.69) is 32.2 Å². The predicted octanol–water partition coefficient (Wildman–Crippen LogP) is 3.31. The maximum absolute atomic E-state index is 6.26. The molecule has 3 atom stereocenters. The van der Waals surface area contributed by atoms with Crippen LogP contribution in [0.15, 0.2) is 18.2 Å². The molecule has 2 rings (SSSR count). The smallest absolute Gasteiger partial charge is 0.134 e. The Hall–Kier alpha value is -1.26. The lowest BCUT2D eigenvalue weighted by molar-refractivity contribution is -0.0731. The molecule has 118 valence electrons. The first-order valence-electron chi connectivity index (χ1n) is 7.67. The number of nitrogens with one attached hydrogen (secondary N) is 1. The highest BCUT2D eigenvalue weighted by Gasteiger charge is 2.41. The molecular weight excluding hydrogens is 266 g/mol. The van der Waals surface area contributed by atoms with Gasteiger partial charge in [-0.3, -0.25) is 0 Å². The van der Waals surface area contributed by atoms with Gasteiger partial charge in [-0.2, -0.15) is 0 Å². The van der Waals surface area contributed by atoms with Crippen LogP contribution >= 0.6 is 0 Å². The predicted molar refractivity (Wildman–Crippen MR) is 84.1 cm³/mol. The molecule has 0 saturated carbocycles. The van der Waals surface area contributed by atoms with Crippen LogP contribution < -0.4 is 14.8 Å². The van der Waals surface area contributed by atoms with Crippen LogP contribution in [0.4, 0.5) is 0 Å². The molecule has 0 fully saturated rings. The van der Waals surface area contributed by atoms with E-state index in [1.807, 2.05) is 12.1 Å². The summed E-state index contributed by atoms with van der Waals surface area (Å²) < 4.78 is 17.1. The minimum atomic E-state index is -0.332. The van der Waals surface area contributed by atoms with Crippen molar-refractivity contribution in [3.63, 3.8) is 0 Å². The van der Waals surface area contributed by atoms with Crippen LogP contribution in [0.25, 0.3) is 0 Å². The zero-order valence-corrected chi connectivity index (χ0v) is 13.7. The molecule has 0 aliphatic carbocycles. The first-order valence-corrected chi connectivity index (χ1v) is 7.67. The zero-order valence-electron chi connectivity index (χ0n) is 13.7. The third-order valence-corrected chi connectivity index (χ3v) is 4.40. The molecule has 0 bridgehead atoms. The van der Waals surface area contributed by atoms with Gasteiger partial charge in [0.2, 0.25) is 0 Å². The van der Waals surface area contributed by atoms with Gasteiger partial charge in [0, 0.05) is 25.1 Å². The van der Waals surface area contributed by atoms with Crippen LogP contribution in [-0.4, -0.2) is 32.5 Å². The van der Waals surface area contributed by atoms with Crippen LogP contribution in [-0.2, 0) is 4.74 Å². The fourth-order valence-corrected chi connectivity index (χ4v) is 2.83. The first-order chi connectivity index (χ1) is 10.0. The summed E-state index contributed by atoms with van der Waals surface area (Å²) in [4.78, 5) is 0. The minimum Gasteiger partial charge on any atom is -0.497 e. The maximum Gasteiger partial charge on any atom is 0.134 e. The SMILES string of the molecule is CCCNC1CC(C)(C(C)OC)Oc2ccc(OC)cc21. The van der Waals surface area contributed by atoms with Gasteiger partial charge in [0.25, 0.3) is 0 Å². The molecule has 1 aliphatic rings. The summed E-state index contributed by atoms with van der Waals surface area (Å²) >= 11 is 0. The van der Waals surface area contributed by atoms with Crippen LogP contribution in [0, 0.1) is 0 Å². The van der Waals surface area contributed by atoms with Crippen molar-refractivity contribution in [1.29, 1.82) is 0 Å². The van der Waals surface area contributed by atoms with Crippen LogP contribution in [0.3, 0.4) is 0 Å². The largest absolute Gasteiger partial charge is 0.497 e. The maximum atomic E-state index is 6.26. The summed E-state index contributed by atoms with van der Waals surface area (Å²) in [6, 6.07) is 6.26. The van der Waals surface area contributed by atoms with Crippen LogP contribution in [0.5, 0.6) is 11.5 Å². The van der Waals surface area contributed by atoms with Crippen molar-refractivity contribution in [2.24, 2.45) is 0 Å². The normalized spacial score (nSPS) is 25.9. The lowest BCUT2D eigenvalue weighted by atomic mass is 9.85. The van der Waals surface area contributed by atoms with E-state index in [1.165, 1.54) is 5.56 Å². The van der Waals surface area contributed by atoms with Gasteiger partial charge in [0.15, 0.2) is 0 Å². The van der Waals surface area contributed by atoms with E-state index in [9.17, 15) is 0 Å². The number of hydrogen-bond donors (Lipinski definition) is 1. The van der Waals surface area contributed by atoms with Crippen molar-refractivity contribution in [1.82, 2.24) is 5.32 Å². The van der Waals surface area contributed by atoms with Gasteiger partial charge < -0.3 is 19.5 Å². The lowest BCUT2D eigenvalue weighted by Gasteiger charge is -2.43. The number of fused-ring (bicyclic) bond motifs is 1. The average Bonchev–Trinajstić information content (AvgIpc) is 2.51. The van der Waals surface area contributed by atoms with Crippen LogP contribution in [0.2, 0.25) is 0 Å². The van der Waals surface area contributed by atoms with E-state index >= 15 is 0 Å². The zero-order chi connectivity index (χ0) is 15.5. The fraction of sp³-hybridized carbons (Fsp3) is 0.647. The van der Waals surface area contributed by atoms with E-state index in [-0.39, 0.29) is 17.7 Å². The van der Waals surface area contributed by atoms with Gasteiger partial charge in [0.1, 0.15) is 17.1 Å². The Labute approximate surface area is 127 Å². The molecule has 1 aromatic rings. The number of benzene rings is 1. The monoisotopic (exact) mass is 293 g/mol. The van der Waals surface area contributed by atoms with Crippen molar-refractivity contribution in [3.8, 4) is 11.5 Å². The summed E-state index contributed by atoms with van der Waals surface area (Å²) in [5.74, 6) is 1.78. The van der Waals surface area contributed by atoms with E-state index in [1.54, 1.807) is 14.2 Å². The van der Waals surface area contributed by atoms with Crippen molar-refractivity contribution < 1.29 is 14.2 Å². The minimum absolute atomic E-state index is 0.0266. The van der Waals surface area contributed by atoms with Crippen molar-refractivity contribution >= 4 is 0 Å². The average molecular weight is 293 g/mol. The molecule has 0 amide bonds. The summed E-state index contributed by atoms with van der Waals surface area (Å²) in [5, 5.41) is 3.62. The van der Waals surface area contributed by atoms with E-state index in [0.29, 0.717) is 0 Å². The molecule has 1 aliphatic heterocycles. The van der Waals surface area contributed by atoms with Crippen molar-refractivity contribution in [3.05, 3.63) is 23.8 Å². The Balaban J connectivity index is 2.35. The van der Waals surface area contributed by atoms with E-state index < -0.39 is 0 Å². The molecule has 4 heteroatoms. The Morgan fingerprint density at radius 2 is 2.19 bits per heavy atom. The lowest BCUT2D eigenvalue weighted by Crippen LogP contribution is -2.50. The summed E-state index contributed by atoms with van der Waals surface area (Å²) in [6.07, 6.45) is 2.01. The number of ether oxygens (including phenoxy) is 3. The molecule has 0 aromatic heterocycles. The van der Waals surface area contributed by atoms with Gasteiger partial charge >= 0.3 is 0 Å². The highest BCUT2D eigenvalue weighted by Crippen LogP contribution is 2.43. The van der Waals surface area contributed by atoms with Gasteiger partial charge in [0.05, 0.1) is 13.2 Å². The number of methoxy groups -OCH3 is 2. The molecule has 1 heterocycles. The summed E-state index contributed by atoms with van der Waals surface area (Å²) in [5.41, 5.74) is 0.838. The second kappa shape index (κ2) is 6.67. The Morgan fingerprint density at radius 1 is 1.43 bits per heavy atom. The molecule has 21 heavy (non-hydrogen) atoms. The molecule has 0 radical (unpaired) electrons. The number of rotatable bonds is 6. The van der Waals surface area contributed by atoms with Crippen molar-refractivity contribution in [2.45, 2.75) is 51.4 Å². The van der Waals surface area contributed by atoms with E-state index in [4.69, 9.17) is 14.2 Å². The summed E-state index contributed by atoms with van der Waals surface area (Å²) in [7, 11) is 3.42. The quantitative estimate of drug-likeness (QED) is 0.873. The van der Waals surface area contributed by atoms with Crippen LogP contribution in [0.1, 0.15) is 45.2 Å². The highest BCUT2D eigenvalue weighted by molar-refractivity contribution is 5.44. The molecule has 0 saturated heterocycles. The molecule has 3 unspecified atom stereocenters. The third-order valence-electron chi connectivity index (χ3n) is 4.40. The standard InChI is InChI=1S/C17H27NO3/c1-6-9-18-15-11-17(3,12(2)19-4)21-16-8-7-13(20-5)10-14(15)16/h7-8,10,12,15,18H,6,9,11H2,1-5H3. The summed E-state index contributed by atoms with van der Waals surface area (Å²) in [6.45, 7) is 7.34. The molecule has 1 aromatic carbocycles. The van der Waals surface area contributed by atoms with Gasteiger partial charge in [-0.15, -0.1) is 0 Å².